The van der Waals surface area contributed by atoms with E-state index in [0.29, 0.717) is 0 Å². The van der Waals surface area contributed by atoms with Crippen LogP contribution < -0.4 is 5.32 Å². The third-order valence-corrected chi connectivity index (χ3v) is 5.99. The molecule has 0 bridgehead atoms. The maximum absolute atomic E-state index is 13.4. The second-order valence-electron chi connectivity index (χ2n) is 8.86. The van der Waals surface area contributed by atoms with E-state index in [4.69, 9.17) is 0 Å². The van der Waals surface area contributed by atoms with Gasteiger partial charge in [-0.15, -0.1) is 0 Å². The quantitative estimate of drug-likeness (QED) is 0.338. The maximum Gasteiger partial charge on any atom is 0.396 e. The van der Waals surface area contributed by atoms with Crippen LogP contribution in [-0.4, -0.2) is 35.3 Å². The molecule has 0 saturated heterocycles. The van der Waals surface area contributed by atoms with Crippen LogP contribution in [0, 0.1) is 11.2 Å². The van der Waals surface area contributed by atoms with Crippen molar-refractivity contribution < 1.29 is 18.7 Å². The number of carbonyl (C=O) groups excluding carboxylic acids is 2. The Morgan fingerprint density at radius 1 is 1.03 bits per heavy atom. The maximum atomic E-state index is 13.4. The lowest BCUT2D eigenvalue weighted by Gasteiger charge is -2.35. The average molecular weight is 460 g/mol. The van der Waals surface area contributed by atoms with E-state index < -0.39 is 17.3 Å². The van der Waals surface area contributed by atoms with Crippen LogP contribution in [0.15, 0.2) is 79.0 Å². The first kappa shape index (κ1) is 23.2. The minimum atomic E-state index is -0.915. The van der Waals surface area contributed by atoms with E-state index in [-0.39, 0.29) is 18.3 Å². The largest absolute Gasteiger partial charge is 0.462 e. The summed E-state index contributed by atoms with van der Waals surface area (Å²) < 4.78 is 19.6. The first-order chi connectivity index (χ1) is 16.3. The molecule has 1 N–H and O–H groups in total. The normalized spacial score (nSPS) is 12.4. The number of fused-ring (bicyclic) bond motifs is 1. The van der Waals surface area contributed by atoms with Gasteiger partial charge in [0, 0.05) is 17.8 Å². The molecule has 0 aliphatic rings. The average Bonchev–Trinajstić information content (AvgIpc) is 3.26. The Kier molecular flexibility index (Phi) is 6.45. The highest BCUT2D eigenvalue weighted by Crippen LogP contribution is 2.41. The van der Waals surface area contributed by atoms with E-state index in [0.717, 1.165) is 27.7 Å². The van der Waals surface area contributed by atoms with Gasteiger partial charge >= 0.3 is 11.9 Å². The fraction of sp³-hybridized carbons (Fsp3) is 0.222. The number of carbonyl (C=O) groups is 2. The highest BCUT2D eigenvalue weighted by Gasteiger charge is 2.33. The fourth-order valence-corrected chi connectivity index (χ4v) is 4.33. The molecule has 1 unspecified atom stereocenters. The fourth-order valence-electron chi connectivity index (χ4n) is 4.33. The van der Waals surface area contributed by atoms with Crippen molar-refractivity contribution in [3.63, 3.8) is 0 Å². The van der Waals surface area contributed by atoms with Gasteiger partial charge in [0.15, 0.2) is 0 Å². The molecule has 1 amide bonds. The zero-order valence-corrected chi connectivity index (χ0v) is 19.3. The first-order valence-electron chi connectivity index (χ1n) is 10.9. The molecule has 34 heavy (non-hydrogen) atoms. The number of aromatic nitrogens is 2. The van der Waals surface area contributed by atoms with Crippen molar-refractivity contribution in [3.05, 3.63) is 95.9 Å². The molecule has 1 aromatic heterocycles. The second kappa shape index (κ2) is 9.47. The Morgan fingerprint density at radius 3 is 2.41 bits per heavy atom. The SMILES string of the molecule is COC(=O)C(=O)NCC(C)(C)C(c1ccccc1)c1ccc2c(cnn2-c2ccc(F)cc2)c1. The summed E-state index contributed by atoms with van der Waals surface area (Å²) in [5.41, 5.74) is 3.37. The van der Waals surface area contributed by atoms with E-state index in [1.807, 2.05) is 44.2 Å². The molecule has 0 spiro atoms. The topological polar surface area (TPSA) is 73.2 Å². The molecule has 4 aromatic rings. The number of esters is 1. The van der Waals surface area contributed by atoms with E-state index in [9.17, 15) is 14.0 Å². The molecule has 1 atom stereocenters. The molecule has 0 aliphatic carbocycles. The summed E-state index contributed by atoms with van der Waals surface area (Å²) in [6, 6.07) is 22.4. The minimum Gasteiger partial charge on any atom is -0.462 e. The lowest BCUT2D eigenvalue weighted by molar-refractivity contribution is -0.152. The Balaban J connectivity index is 1.71. The number of benzene rings is 3. The van der Waals surface area contributed by atoms with Crippen LogP contribution in [0.4, 0.5) is 4.39 Å². The predicted octanol–water partition coefficient (Wildman–Crippen LogP) is 4.61. The lowest BCUT2D eigenvalue weighted by Crippen LogP contribution is -2.41. The summed E-state index contributed by atoms with van der Waals surface area (Å²) in [5, 5.41) is 8.15. The van der Waals surface area contributed by atoms with Crippen molar-refractivity contribution in [2.75, 3.05) is 13.7 Å². The van der Waals surface area contributed by atoms with Gasteiger partial charge in [0.2, 0.25) is 0 Å². The zero-order chi connectivity index (χ0) is 24.3. The van der Waals surface area contributed by atoms with Gasteiger partial charge in [-0.1, -0.05) is 50.2 Å². The van der Waals surface area contributed by atoms with Gasteiger partial charge in [-0.25, -0.2) is 13.9 Å². The van der Waals surface area contributed by atoms with E-state index in [1.54, 1.807) is 23.0 Å². The van der Waals surface area contributed by atoms with Crippen molar-refractivity contribution in [2.24, 2.45) is 5.41 Å². The summed E-state index contributed by atoms with van der Waals surface area (Å²) >= 11 is 0. The van der Waals surface area contributed by atoms with Crippen molar-refractivity contribution in [1.82, 2.24) is 15.1 Å². The van der Waals surface area contributed by atoms with Crippen LogP contribution >= 0.6 is 0 Å². The Labute approximate surface area is 197 Å². The van der Waals surface area contributed by atoms with E-state index in [1.165, 1.54) is 19.2 Å². The smallest absolute Gasteiger partial charge is 0.396 e. The Bertz CT molecular complexity index is 1310. The number of rotatable bonds is 6. The molecular weight excluding hydrogens is 433 g/mol. The van der Waals surface area contributed by atoms with Gasteiger partial charge in [0.25, 0.3) is 0 Å². The molecule has 1 heterocycles. The van der Waals surface area contributed by atoms with Crippen LogP contribution in [0.5, 0.6) is 0 Å². The highest BCUT2D eigenvalue weighted by molar-refractivity contribution is 6.32. The molecule has 0 aliphatic heterocycles. The number of hydrogen-bond donors (Lipinski definition) is 1. The van der Waals surface area contributed by atoms with Gasteiger partial charge in [-0.3, -0.25) is 4.79 Å². The van der Waals surface area contributed by atoms with Crippen LogP contribution in [-0.2, 0) is 14.3 Å². The number of amides is 1. The standard InChI is InChI=1S/C27H26FN3O3/c1-27(2,17-29-25(32)26(33)34-3)24(18-7-5-4-6-8-18)19-9-14-23-20(15-19)16-30-31(23)22-12-10-21(28)11-13-22/h4-16,24H,17H2,1-3H3,(H,29,32). The van der Waals surface area contributed by atoms with Crippen LogP contribution in [0.2, 0.25) is 0 Å². The molecule has 0 radical (unpaired) electrons. The van der Waals surface area contributed by atoms with Crippen molar-refractivity contribution in [3.8, 4) is 5.69 Å². The van der Waals surface area contributed by atoms with E-state index in [2.05, 4.69) is 33.4 Å². The molecule has 7 heteroatoms. The molecule has 174 valence electrons. The van der Waals surface area contributed by atoms with Crippen LogP contribution in [0.1, 0.15) is 30.9 Å². The number of ether oxygens (including phenoxy) is 1. The van der Waals surface area contributed by atoms with Gasteiger partial charge in [-0.05, 0) is 52.9 Å². The van der Waals surface area contributed by atoms with Crippen molar-refractivity contribution >= 4 is 22.8 Å². The monoisotopic (exact) mass is 459 g/mol. The number of methoxy groups -OCH3 is 1. The minimum absolute atomic E-state index is 0.0785. The number of hydrogen-bond acceptors (Lipinski definition) is 4. The third-order valence-electron chi connectivity index (χ3n) is 5.99. The molecule has 3 aromatic carbocycles. The Hall–Kier alpha value is -4.00. The summed E-state index contributed by atoms with van der Waals surface area (Å²) in [6.45, 7) is 4.37. The van der Waals surface area contributed by atoms with Gasteiger partial charge in [-0.2, -0.15) is 5.10 Å². The Morgan fingerprint density at radius 2 is 1.74 bits per heavy atom. The van der Waals surface area contributed by atoms with Crippen LogP contribution in [0.3, 0.4) is 0 Å². The summed E-state index contributed by atoms with van der Waals surface area (Å²) in [6.07, 6.45) is 1.79. The molecule has 0 saturated carbocycles. The summed E-state index contributed by atoms with van der Waals surface area (Å²) in [7, 11) is 1.18. The zero-order valence-electron chi connectivity index (χ0n) is 19.3. The second-order valence-corrected chi connectivity index (χ2v) is 8.86. The third kappa shape index (κ3) is 4.69. The van der Waals surface area contributed by atoms with Gasteiger partial charge in [0.1, 0.15) is 5.82 Å². The molecule has 0 fully saturated rings. The highest BCUT2D eigenvalue weighted by atomic mass is 19.1. The number of nitrogens with zero attached hydrogens (tertiary/aromatic N) is 2. The molecular formula is C27H26FN3O3. The van der Waals surface area contributed by atoms with Crippen molar-refractivity contribution in [2.45, 2.75) is 19.8 Å². The lowest BCUT2D eigenvalue weighted by atomic mass is 9.71. The van der Waals surface area contributed by atoms with Crippen molar-refractivity contribution in [1.29, 1.82) is 0 Å². The predicted molar refractivity (Wildman–Crippen MR) is 128 cm³/mol. The molecule has 6 nitrogen and oxygen atoms in total. The first-order valence-corrected chi connectivity index (χ1v) is 10.9. The number of halogens is 1. The molecule has 4 rings (SSSR count). The summed E-state index contributed by atoms with van der Waals surface area (Å²) in [5.74, 6) is -2.06. The van der Waals surface area contributed by atoms with Gasteiger partial charge < -0.3 is 10.1 Å². The number of nitrogens with one attached hydrogen (secondary N) is 1. The summed E-state index contributed by atoms with van der Waals surface area (Å²) in [4.78, 5) is 23.6. The van der Waals surface area contributed by atoms with E-state index >= 15 is 0 Å². The van der Waals surface area contributed by atoms with Crippen LogP contribution in [0.25, 0.3) is 16.6 Å². The van der Waals surface area contributed by atoms with Gasteiger partial charge in [0.05, 0.1) is 24.5 Å².